The van der Waals surface area contributed by atoms with Crippen molar-refractivity contribution in [2.24, 2.45) is 0 Å². The Morgan fingerprint density at radius 1 is 0.941 bits per heavy atom. The van der Waals surface area contributed by atoms with Gasteiger partial charge in [-0.2, -0.15) is 0 Å². The normalized spacial score (nSPS) is 23.9. The van der Waals surface area contributed by atoms with E-state index in [2.05, 4.69) is 4.98 Å². The molecule has 1 amide bonds. The van der Waals surface area contributed by atoms with Crippen molar-refractivity contribution in [3.63, 3.8) is 0 Å². The number of aliphatic hydroxyl groups is 1. The van der Waals surface area contributed by atoms with E-state index in [0.29, 0.717) is 25.2 Å². The zero-order valence-corrected chi connectivity index (χ0v) is 19.2. The molecule has 2 saturated heterocycles. The van der Waals surface area contributed by atoms with Gasteiger partial charge in [-0.1, -0.05) is 60.7 Å². The minimum atomic E-state index is -1.05. The molecule has 1 aromatic heterocycles. The molecule has 1 N–H and O–H groups in total. The van der Waals surface area contributed by atoms with Crippen LogP contribution in [0.1, 0.15) is 48.8 Å². The Bertz CT molecular complexity index is 1090. The van der Waals surface area contributed by atoms with Crippen molar-refractivity contribution in [1.29, 1.82) is 0 Å². The van der Waals surface area contributed by atoms with Crippen molar-refractivity contribution in [3.05, 3.63) is 95.8 Å². The number of carbonyl (C=O) groups is 1. The number of hydrogen-bond donors (Lipinski definition) is 1. The van der Waals surface area contributed by atoms with Crippen LogP contribution in [0.5, 0.6) is 5.75 Å². The molecule has 6 heteroatoms. The first-order chi connectivity index (χ1) is 16.6. The summed E-state index contributed by atoms with van der Waals surface area (Å²) in [5.74, 6) is 0.629. The number of carbonyl (C=O) groups excluding carboxylic acids is 1. The Kier molecular flexibility index (Phi) is 6.50. The first kappa shape index (κ1) is 22.4. The summed E-state index contributed by atoms with van der Waals surface area (Å²) < 4.78 is 11.6. The van der Waals surface area contributed by atoms with Gasteiger partial charge in [-0.15, -0.1) is 0 Å². The Balaban J connectivity index is 1.27. The highest BCUT2D eigenvalue weighted by atomic mass is 16.6. The first-order valence-corrected chi connectivity index (χ1v) is 11.9. The van der Waals surface area contributed by atoms with Gasteiger partial charge >= 0.3 is 6.09 Å². The number of fused-ring (bicyclic) bond motifs is 2. The maximum absolute atomic E-state index is 13.0. The van der Waals surface area contributed by atoms with Gasteiger partial charge in [0.2, 0.25) is 0 Å². The lowest BCUT2D eigenvalue weighted by Crippen LogP contribution is -2.58. The average molecular weight is 459 g/mol. The number of rotatable bonds is 6. The standard InChI is InChI=1S/C28H30N2O4/c31-27(34-20-22-10-5-2-6-11-22)30-24-12-7-13-25(30)16-28(32,15-24)23-14-26(18-29-17-23)33-19-21-8-3-1-4-9-21/h1-6,8-11,14,17-18,24-25,32H,7,12-13,15-16,19-20H2. The van der Waals surface area contributed by atoms with Gasteiger partial charge in [0.15, 0.2) is 0 Å². The zero-order valence-electron chi connectivity index (χ0n) is 19.2. The van der Waals surface area contributed by atoms with Gasteiger partial charge in [0, 0.05) is 36.7 Å². The molecule has 0 saturated carbocycles. The Morgan fingerprint density at radius 3 is 2.21 bits per heavy atom. The second-order valence-electron chi connectivity index (χ2n) is 9.31. The molecule has 0 aliphatic carbocycles. The van der Waals surface area contributed by atoms with Gasteiger partial charge in [0.05, 0.1) is 11.8 Å². The van der Waals surface area contributed by atoms with Crippen molar-refractivity contribution in [3.8, 4) is 5.75 Å². The van der Waals surface area contributed by atoms with Crippen LogP contribution in [0.4, 0.5) is 4.79 Å². The highest BCUT2D eigenvalue weighted by Gasteiger charge is 2.48. The van der Waals surface area contributed by atoms with E-state index in [1.54, 1.807) is 12.4 Å². The van der Waals surface area contributed by atoms with Crippen LogP contribution < -0.4 is 4.74 Å². The number of piperidine rings is 2. The van der Waals surface area contributed by atoms with Crippen molar-refractivity contribution in [2.75, 3.05) is 0 Å². The van der Waals surface area contributed by atoms with E-state index in [1.165, 1.54) is 0 Å². The lowest BCUT2D eigenvalue weighted by molar-refractivity contribution is -0.0898. The van der Waals surface area contributed by atoms with E-state index in [4.69, 9.17) is 9.47 Å². The molecular formula is C28H30N2O4. The summed E-state index contributed by atoms with van der Waals surface area (Å²) in [4.78, 5) is 19.2. The smallest absolute Gasteiger partial charge is 0.410 e. The molecule has 3 heterocycles. The lowest BCUT2D eigenvalue weighted by atomic mass is 9.73. The molecule has 2 aliphatic heterocycles. The molecule has 0 spiro atoms. The summed E-state index contributed by atoms with van der Waals surface area (Å²) >= 11 is 0. The monoisotopic (exact) mass is 458 g/mol. The minimum Gasteiger partial charge on any atom is -0.487 e. The predicted octanol–water partition coefficient (Wildman–Crippen LogP) is 5.20. The maximum Gasteiger partial charge on any atom is 0.410 e. The molecule has 0 radical (unpaired) electrons. The van der Waals surface area contributed by atoms with E-state index in [1.807, 2.05) is 71.6 Å². The Labute approximate surface area is 200 Å². The number of ether oxygens (including phenoxy) is 2. The fourth-order valence-corrected chi connectivity index (χ4v) is 5.25. The fourth-order valence-electron chi connectivity index (χ4n) is 5.25. The van der Waals surface area contributed by atoms with Crippen molar-refractivity contribution < 1.29 is 19.4 Å². The third-order valence-corrected chi connectivity index (χ3v) is 6.92. The molecule has 6 nitrogen and oxygen atoms in total. The number of nitrogens with zero attached hydrogens (tertiary/aromatic N) is 2. The number of benzene rings is 2. The SMILES string of the molecule is O=C(OCc1ccccc1)N1C2CCCC1CC(O)(c1cncc(OCc3ccccc3)c1)C2. The van der Waals surface area contributed by atoms with Crippen LogP contribution in [0.3, 0.4) is 0 Å². The molecule has 2 bridgehead atoms. The highest BCUT2D eigenvalue weighted by Crippen LogP contribution is 2.45. The van der Waals surface area contributed by atoms with Crippen LogP contribution in [0.15, 0.2) is 79.1 Å². The molecule has 2 fully saturated rings. The number of hydrogen-bond acceptors (Lipinski definition) is 5. The summed E-state index contributed by atoms with van der Waals surface area (Å²) in [7, 11) is 0. The third-order valence-electron chi connectivity index (χ3n) is 6.92. The molecule has 2 aliphatic rings. The summed E-state index contributed by atoms with van der Waals surface area (Å²) in [6.45, 7) is 0.696. The molecule has 3 aromatic rings. The topological polar surface area (TPSA) is 71.9 Å². The summed E-state index contributed by atoms with van der Waals surface area (Å²) in [5.41, 5.74) is 1.73. The van der Waals surface area contributed by atoms with Gasteiger partial charge in [-0.3, -0.25) is 4.98 Å². The molecule has 2 aromatic carbocycles. The van der Waals surface area contributed by atoms with Gasteiger partial charge in [0.25, 0.3) is 0 Å². The van der Waals surface area contributed by atoms with E-state index in [9.17, 15) is 9.90 Å². The number of aromatic nitrogens is 1. The van der Waals surface area contributed by atoms with Crippen molar-refractivity contribution >= 4 is 6.09 Å². The second-order valence-corrected chi connectivity index (χ2v) is 9.31. The van der Waals surface area contributed by atoms with E-state index in [-0.39, 0.29) is 24.8 Å². The molecule has 176 valence electrons. The largest absolute Gasteiger partial charge is 0.487 e. The Morgan fingerprint density at radius 2 is 1.56 bits per heavy atom. The molecule has 34 heavy (non-hydrogen) atoms. The molecule has 2 unspecified atom stereocenters. The van der Waals surface area contributed by atoms with Gasteiger partial charge in [0.1, 0.15) is 19.0 Å². The Hall–Kier alpha value is -3.38. The number of pyridine rings is 1. The summed E-state index contributed by atoms with van der Waals surface area (Å²) in [5, 5.41) is 11.7. The van der Waals surface area contributed by atoms with Crippen LogP contribution in [0, 0.1) is 0 Å². The van der Waals surface area contributed by atoms with Crippen LogP contribution in [0.25, 0.3) is 0 Å². The van der Waals surface area contributed by atoms with Crippen molar-refractivity contribution in [2.45, 2.75) is 63.0 Å². The second kappa shape index (κ2) is 9.85. The van der Waals surface area contributed by atoms with E-state index < -0.39 is 5.60 Å². The van der Waals surface area contributed by atoms with Crippen LogP contribution in [-0.2, 0) is 23.6 Å². The van der Waals surface area contributed by atoms with Crippen LogP contribution in [0.2, 0.25) is 0 Å². The molecule has 2 atom stereocenters. The highest BCUT2D eigenvalue weighted by molar-refractivity contribution is 5.69. The maximum atomic E-state index is 13.0. The van der Waals surface area contributed by atoms with Gasteiger partial charge in [-0.25, -0.2) is 4.79 Å². The minimum absolute atomic E-state index is 0.0605. The quantitative estimate of drug-likeness (QED) is 0.550. The molecular weight excluding hydrogens is 428 g/mol. The van der Waals surface area contributed by atoms with Gasteiger partial charge < -0.3 is 19.5 Å². The zero-order chi connectivity index (χ0) is 23.4. The fraction of sp³-hybridized carbons (Fsp3) is 0.357. The third kappa shape index (κ3) is 4.92. The van der Waals surface area contributed by atoms with Crippen molar-refractivity contribution in [1.82, 2.24) is 9.88 Å². The molecule has 5 rings (SSSR count). The van der Waals surface area contributed by atoms with Crippen LogP contribution in [-0.4, -0.2) is 33.2 Å². The summed E-state index contributed by atoms with van der Waals surface area (Å²) in [6.07, 6.45) is 6.79. The number of amides is 1. The predicted molar refractivity (Wildman–Crippen MR) is 128 cm³/mol. The first-order valence-electron chi connectivity index (χ1n) is 11.9. The van der Waals surface area contributed by atoms with Crippen LogP contribution >= 0.6 is 0 Å². The van der Waals surface area contributed by atoms with E-state index >= 15 is 0 Å². The average Bonchev–Trinajstić information content (AvgIpc) is 2.87. The van der Waals surface area contributed by atoms with E-state index in [0.717, 1.165) is 36.0 Å². The summed E-state index contributed by atoms with van der Waals surface area (Å²) in [6, 6.07) is 21.4. The lowest BCUT2D eigenvalue weighted by Gasteiger charge is -2.51. The van der Waals surface area contributed by atoms with Gasteiger partial charge in [-0.05, 0) is 36.5 Å².